The number of aromatic hydroxyl groups is 1. The molecule has 1 aromatic carbocycles. The van der Waals surface area contributed by atoms with Gasteiger partial charge >= 0.3 is 59.1 Å². The van der Waals surface area contributed by atoms with E-state index in [0.29, 0.717) is 12.1 Å². The minimum atomic E-state index is -5.60. The van der Waals surface area contributed by atoms with Gasteiger partial charge in [0.1, 0.15) is 11.4 Å². The van der Waals surface area contributed by atoms with Gasteiger partial charge in [-0.1, -0.05) is 11.6 Å². The SMILES string of the molecule is O=S(=O)([O-])NN(c1cc(O)c(Cl)cc1F)S(=O)(=O)[O-].[Na+].[Na+]. The predicted molar refractivity (Wildman–Crippen MR) is 58.1 cm³/mol. The molecule has 0 saturated heterocycles. The summed E-state index contributed by atoms with van der Waals surface area (Å²) in [5.41, 5.74) is -1.21. The quantitative estimate of drug-likeness (QED) is 0.299. The van der Waals surface area contributed by atoms with E-state index >= 15 is 0 Å². The number of hydrazine groups is 1. The van der Waals surface area contributed by atoms with Crippen LogP contribution in [0.4, 0.5) is 10.1 Å². The van der Waals surface area contributed by atoms with Crippen LogP contribution in [0.2, 0.25) is 5.02 Å². The molecule has 0 atom stereocenters. The van der Waals surface area contributed by atoms with E-state index in [1.807, 2.05) is 0 Å². The molecule has 0 fully saturated rings. The number of phenols is 1. The zero-order valence-electron chi connectivity index (χ0n) is 10.6. The van der Waals surface area contributed by atoms with Crippen LogP contribution in [-0.2, 0) is 20.6 Å². The molecule has 1 rings (SSSR count). The van der Waals surface area contributed by atoms with Gasteiger partial charge in [-0.3, -0.25) is 0 Å². The Morgan fingerprint density at radius 3 is 2.05 bits per heavy atom. The van der Waals surface area contributed by atoms with Gasteiger partial charge in [-0.2, -0.15) is 4.41 Å². The van der Waals surface area contributed by atoms with Crippen molar-refractivity contribution in [2.24, 2.45) is 0 Å². The van der Waals surface area contributed by atoms with Gasteiger partial charge in [0.05, 0.1) is 5.02 Å². The molecule has 0 amide bonds. The summed E-state index contributed by atoms with van der Waals surface area (Å²) in [5.74, 6) is -2.30. The van der Waals surface area contributed by atoms with Crippen molar-refractivity contribution in [2.75, 3.05) is 4.41 Å². The van der Waals surface area contributed by atoms with E-state index in [0.717, 1.165) is 4.83 Å². The average molecular weight is 381 g/mol. The Kier molecular flexibility index (Phi) is 9.87. The van der Waals surface area contributed by atoms with E-state index in [2.05, 4.69) is 0 Å². The van der Waals surface area contributed by atoms with Gasteiger partial charge in [-0.15, -0.1) is 4.83 Å². The molecule has 21 heavy (non-hydrogen) atoms. The minimum absolute atomic E-state index is 0. The van der Waals surface area contributed by atoms with Crippen LogP contribution in [0.1, 0.15) is 0 Å². The Balaban J connectivity index is 0. The van der Waals surface area contributed by atoms with Crippen molar-refractivity contribution >= 4 is 37.9 Å². The Hall–Kier alpha value is 0.820. The first-order valence-electron chi connectivity index (χ1n) is 4.09. The largest absolute Gasteiger partial charge is 1.00 e. The molecule has 0 aliphatic heterocycles. The third-order valence-electron chi connectivity index (χ3n) is 1.65. The summed E-state index contributed by atoms with van der Waals surface area (Å²) in [7, 11) is -11.0. The Labute approximate surface area is 168 Å². The summed E-state index contributed by atoms with van der Waals surface area (Å²) in [6.07, 6.45) is 0. The van der Waals surface area contributed by atoms with Crippen molar-refractivity contribution in [3.63, 3.8) is 0 Å². The van der Waals surface area contributed by atoms with Gasteiger partial charge in [-0.25, -0.2) is 21.2 Å². The van der Waals surface area contributed by atoms with Crippen LogP contribution >= 0.6 is 11.6 Å². The van der Waals surface area contributed by atoms with Gasteiger partial charge in [0.15, 0.2) is 26.4 Å². The zero-order valence-corrected chi connectivity index (χ0v) is 17.0. The van der Waals surface area contributed by atoms with Gasteiger partial charge in [0.25, 0.3) is 0 Å². The van der Waals surface area contributed by atoms with Crippen molar-refractivity contribution in [2.45, 2.75) is 0 Å². The van der Waals surface area contributed by atoms with Crippen LogP contribution in [-0.4, -0.2) is 31.0 Å². The molecule has 0 aliphatic rings. The fourth-order valence-corrected chi connectivity index (χ4v) is 2.47. The topological polar surface area (TPSA) is 150 Å². The molecular formula is C6H4ClFN2Na2O7S2. The molecule has 0 aromatic heterocycles. The number of phenolic OH excluding ortho intramolecular Hbond substituents is 1. The average Bonchev–Trinajstić information content (AvgIpc) is 2.17. The summed E-state index contributed by atoms with van der Waals surface area (Å²) in [6.45, 7) is 0. The molecule has 0 radical (unpaired) electrons. The fourth-order valence-electron chi connectivity index (χ4n) is 0.999. The van der Waals surface area contributed by atoms with Crippen LogP contribution in [0.25, 0.3) is 0 Å². The van der Waals surface area contributed by atoms with Crippen molar-refractivity contribution in [3.8, 4) is 5.75 Å². The molecule has 0 saturated carbocycles. The molecular weight excluding hydrogens is 377 g/mol. The van der Waals surface area contributed by atoms with Crippen LogP contribution in [0.5, 0.6) is 5.75 Å². The van der Waals surface area contributed by atoms with E-state index in [4.69, 9.17) is 16.7 Å². The molecule has 108 valence electrons. The number of hydrogen-bond acceptors (Lipinski definition) is 7. The maximum atomic E-state index is 13.4. The maximum absolute atomic E-state index is 13.4. The van der Waals surface area contributed by atoms with E-state index in [-0.39, 0.29) is 59.1 Å². The normalized spacial score (nSPS) is 11.2. The zero-order chi connectivity index (χ0) is 15.0. The first kappa shape index (κ1) is 24.1. The molecule has 1 aromatic rings. The predicted octanol–water partition coefficient (Wildman–Crippen LogP) is -6.58. The summed E-state index contributed by atoms with van der Waals surface area (Å²) in [6, 6.07) is 0.773. The fraction of sp³-hybridized carbons (Fsp3) is 0. The van der Waals surface area contributed by atoms with E-state index in [9.17, 15) is 30.3 Å². The molecule has 0 heterocycles. The third-order valence-corrected chi connectivity index (χ3v) is 3.21. The van der Waals surface area contributed by atoms with Crippen LogP contribution < -0.4 is 68.4 Å². The van der Waals surface area contributed by atoms with Gasteiger partial charge < -0.3 is 14.2 Å². The van der Waals surface area contributed by atoms with Gasteiger partial charge in [-0.05, 0) is 6.07 Å². The summed E-state index contributed by atoms with van der Waals surface area (Å²) >= 11 is 5.30. The number of nitrogens with zero attached hydrogens (tertiary/aromatic N) is 1. The summed E-state index contributed by atoms with van der Waals surface area (Å²) in [4.78, 5) is 0.755. The number of benzene rings is 1. The minimum Gasteiger partial charge on any atom is -0.734 e. The standard InChI is InChI=1S/C6H6ClFN2O7S2.2Na/c7-3-1-4(8)5(2-6(3)11)10(19(15,16)17)9-18(12,13)14;;/h1-2,9,11H,(H,12,13,14)(H,15,16,17);;/q;2*+1/p-2. The Morgan fingerprint density at radius 2 is 1.67 bits per heavy atom. The number of halogens is 2. The van der Waals surface area contributed by atoms with Gasteiger partial charge in [0.2, 0.25) is 0 Å². The number of nitrogens with one attached hydrogen (secondary N) is 1. The molecule has 2 N–H and O–H groups in total. The molecule has 0 spiro atoms. The Morgan fingerprint density at radius 1 is 1.19 bits per heavy atom. The van der Waals surface area contributed by atoms with Crippen LogP contribution in [0, 0.1) is 5.82 Å². The van der Waals surface area contributed by atoms with Crippen molar-refractivity contribution in [1.82, 2.24) is 4.83 Å². The first-order chi connectivity index (χ1) is 8.42. The van der Waals surface area contributed by atoms with Crippen LogP contribution in [0.3, 0.4) is 0 Å². The second kappa shape index (κ2) is 8.61. The second-order valence-corrected chi connectivity index (χ2v) is 5.74. The number of rotatable bonds is 4. The van der Waals surface area contributed by atoms with E-state index < -0.39 is 47.3 Å². The van der Waals surface area contributed by atoms with Crippen molar-refractivity contribution in [1.29, 1.82) is 0 Å². The second-order valence-electron chi connectivity index (χ2n) is 3.02. The third kappa shape index (κ3) is 7.28. The van der Waals surface area contributed by atoms with Gasteiger partial charge in [0, 0.05) is 6.07 Å². The molecule has 15 heteroatoms. The molecule has 9 nitrogen and oxygen atoms in total. The number of anilines is 1. The van der Waals surface area contributed by atoms with Crippen LogP contribution in [0.15, 0.2) is 12.1 Å². The molecule has 0 bridgehead atoms. The van der Waals surface area contributed by atoms with Crippen molar-refractivity contribution < 1.29 is 94.6 Å². The smallest absolute Gasteiger partial charge is 0.734 e. The summed E-state index contributed by atoms with van der Waals surface area (Å²) < 4.78 is 76.2. The molecule has 0 unspecified atom stereocenters. The van der Waals surface area contributed by atoms with Crippen molar-refractivity contribution in [3.05, 3.63) is 23.0 Å². The maximum Gasteiger partial charge on any atom is 1.00 e. The molecule has 0 aliphatic carbocycles. The Bertz CT molecular complexity index is 714. The van der Waals surface area contributed by atoms with E-state index in [1.165, 1.54) is 0 Å². The monoisotopic (exact) mass is 380 g/mol. The van der Waals surface area contributed by atoms with E-state index in [1.54, 1.807) is 0 Å². The summed E-state index contributed by atoms with van der Waals surface area (Å²) in [5, 5.41) is 8.64. The number of hydrogen-bond donors (Lipinski definition) is 2. The first-order valence-corrected chi connectivity index (χ1v) is 7.24.